The Labute approximate surface area is 126 Å². The second kappa shape index (κ2) is 8.80. The van der Waals surface area contributed by atoms with Crippen LogP contribution in [0.15, 0.2) is 29.8 Å². The smallest absolute Gasteiger partial charge is 0.348 e. The summed E-state index contributed by atoms with van der Waals surface area (Å²) in [5.74, 6) is -0.562. The van der Waals surface area contributed by atoms with Crippen molar-refractivity contribution in [2.24, 2.45) is 0 Å². The number of nitriles is 1. The van der Waals surface area contributed by atoms with Crippen molar-refractivity contribution < 1.29 is 9.53 Å². The highest BCUT2D eigenvalue weighted by Gasteiger charge is 2.10. The van der Waals surface area contributed by atoms with Crippen molar-refractivity contribution in [3.05, 3.63) is 35.4 Å². The molecule has 0 bridgehead atoms. The topological polar surface area (TPSA) is 53.3 Å². The van der Waals surface area contributed by atoms with E-state index in [0.29, 0.717) is 6.61 Å². The lowest BCUT2D eigenvalue weighted by molar-refractivity contribution is -0.138. The molecule has 0 heterocycles. The van der Waals surface area contributed by atoms with E-state index in [-0.39, 0.29) is 5.57 Å². The monoisotopic (exact) mass is 286 g/mol. The Bertz CT molecular complexity index is 540. The second-order valence-corrected chi connectivity index (χ2v) is 4.57. The number of hydrogen-bond donors (Lipinski definition) is 0. The van der Waals surface area contributed by atoms with E-state index < -0.39 is 5.97 Å². The predicted octanol–water partition coefficient (Wildman–Crippen LogP) is 3.39. The number of benzene rings is 1. The molecule has 0 fully saturated rings. The number of ether oxygens (including phenoxy) is 1. The Balaban J connectivity index is 2.99. The SMILES string of the molecule is CCCOC(=O)C(C#N)=Cc1cccc(N(CC)CC)c1. The maximum atomic E-state index is 11.7. The lowest BCUT2D eigenvalue weighted by atomic mass is 10.1. The summed E-state index contributed by atoms with van der Waals surface area (Å²) in [6.07, 6.45) is 2.31. The molecule has 0 spiro atoms. The normalized spacial score (nSPS) is 10.9. The van der Waals surface area contributed by atoms with E-state index in [9.17, 15) is 4.79 Å². The standard InChI is InChI=1S/C17H22N2O2/c1-4-10-21-17(20)15(13-18)11-14-8-7-9-16(12-14)19(5-2)6-3/h7-9,11-12H,4-6,10H2,1-3H3. The molecule has 0 saturated heterocycles. The fourth-order valence-corrected chi connectivity index (χ4v) is 1.98. The molecule has 0 aliphatic rings. The number of hydrogen-bond acceptors (Lipinski definition) is 4. The van der Waals surface area contributed by atoms with Gasteiger partial charge in [0.05, 0.1) is 6.61 Å². The first-order chi connectivity index (χ1) is 10.2. The Hall–Kier alpha value is -2.28. The van der Waals surface area contributed by atoms with Crippen LogP contribution >= 0.6 is 0 Å². The summed E-state index contributed by atoms with van der Waals surface area (Å²) >= 11 is 0. The van der Waals surface area contributed by atoms with Crippen LogP contribution in [0.3, 0.4) is 0 Å². The molecular weight excluding hydrogens is 264 g/mol. The first kappa shape index (κ1) is 16.8. The van der Waals surface area contributed by atoms with Gasteiger partial charge in [0.25, 0.3) is 0 Å². The Morgan fingerprint density at radius 1 is 1.33 bits per heavy atom. The van der Waals surface area contributed by atoms with E-state index in [1.165, 1.54) is 0 Å². The highest BCUT2D eigenvalue weighted by Crippen LogP contribution is 2.18. The Kier molecular flexibility index (Phi) is 7.03. The fourth-order valence-electron chi connectivity index (χ4n) is 1.98. The van der Waals surface area contributed by atoms with Gasteiger partial charge in [0, 0.05) is 18.8 Å². The molecule has 0 saturated carbocycles. The van der Waals surface area contributed by atoms with E-state index in [4.69, 9.17) is 10.00 Å². The fraction of sp³-hybridized carbons (Fsp3) is 0.412. The molecule has 4 nitrogen and oxygen atoms in total. The van der Waals surface area contributed by atoms with E-state index in [0.717, 1.165) is 30.8 Å². The van der Waals surface area contributed by atoms with Crippen molar-refractivity contribution in [3.63, 3.8) is 0 Å². The molecule has 0 aliphatic carbocycles. The molecule has 0 aromatic heterocycles. The van der Waals surface area contributed by atoms with Crippen molar-refractivity contribution in [2.75, 3.05) is 24.6 Å². The van der Waals surface area contributed by atoms with E-state index in [1.54, 1.807) is 6.08 Å². The lowest BCUT2D eigenvalue weighted by Gasteiger charge is -2.21. The molecule has 21 heavy (non-hydrogen) atoms. The van der Waals surface area contributed by atoms with Gasteiger partial charge < -0.3 is 9.64 Å². The van der Waals surface area contributed by atoms with Crippen molar-refractivity contribution >= 4 is 17.7 Å². The largest absolute Gasteiger partial charge is 0.462 e. The van der Waals surface area contributed by atoms with Gasteiger partial charge in [0.15, 0.2) is 0 Å². The van der Waals surface area contributed by atoms with Gasteiger partial charge in [-0.05, 0) is 44.0 Å². The molecule has 1 aromatic carbocycles. The summed E-state index contributed by atoms with van der Waals surface area (Å²) < 4.78 is 5.00. The predicted molar refractivity (Wildman–Crippen MR) is 84.8 cm³/mol. The third kappa shape index (κ3) is 4.96. The zero-order valence-electron chi connectivity index (χ0n) is 12.9. The molecule has 112 valence electrons. The third-order valence-corrected chi connectivity index (χ3v) is 3.09. The molecule has 0 unspecified atom stereocenters. The number of rotatable bonds is 7. The van der Waals surface area contributed by atoms with E-state index in [1.807, 2.05) is 37.3 Å². The summed E-state index contributed by atoms with van der Waals surface area (Å²) in [7, 11) is 0. The summed E-state index contributed by atoms with van der Waals surface area (Å²) in [5, 5.41) is 9.10. The van der Waals surface area contributed by atoms with Gasteiger partial charge in [-0.3, -0.25) is 0 Å². The molecule has 0 atom stereocenters. The van der Waals surface area contributed by atoms with E-state index in [2.05, 4.69) is 18.7 Å². The molecule has 0 radical (unpaired) electrons. The van der Waals surface area contributed by atoms with Crippen LogP contribution in [0.1, 0.15) is 32.8 Å². The average molecular weight is 286 g/mol. The van der Waals surface area contributed by atoms with Crippen LogP contribution in [-0.4, -0.2) is 25.7 Å². The van der Waals surface area contributed by atoms with Gasteiger partial charge in [-0.15, -0.1) is 0 Å². The first-order valence-corrected chi connectivity index (χ1v) is 7.30. The quantitative estimate of drug-likeness (QED) is 0.438. The molecule has 1 aromatic rings. The van der Waals surface area contributed by atoms with Crippen molar-refractivity contribution in [1.29, 1.82) is 5.26 Å². The molecule has 1 rings (SSSR count). The van der Waals surface area contributed by atoms with Crippen LogP contribution in [0, 0.1) is 11.3 Å². The van der Waals surface area contributed by atoms with Crippen LogP contribution in [0.2, 0.25) is 0 Å². The zero-order valence-corrected chi connectivity index (χ0v) is 12.9. The highest BCUT2D eigenvalue weighted by atomic mass is 16.5. The lowest BCUT2D eigenvalue weighted by Crippen LogP contribution is -2.21. The number of carbonyl (C=O) groups excluding carboxylic acids is 1. The van der Waals surface area contributed by atoms with Crippen molar-refractivity contribution in [2.45, 2.75) is 27.2 Å². The van der Waals surface area contributed by atoms with Crippen LogP contribution in [-0.2, 0) is 9.53 Å². The number of anilines is 1. The van der Waals surface area contributed by atoms with Gasteiger partial charge in [-0.25, -0.2) is 4.79 Å². The Morgan fingerprint density at radius 3 is 2.62 bits per heavy atom. The third-order valence-electron chi connectivity index (χ3n) is 3.09. The maximum absolute atomic E-state index is 11.7. The highest BCUT2D eigenvalue weighted by molar-refractivity contribution is 5.98. The first-order valence-electron chi connectivity index (χ1n) is 7.30. The van der Waals surface area contributed by atoms with Crippen LogP contribution in [0.4, 0.5) is 5.69 Å². The number of esters is 1. The van der Waals surface area contributed by atoms with Gasteiger partial charge in [-0.1, -0.05) is 19.1 Å². The van der Waals surface area contributed by atoms with Crippen LogP contribution in [0.5, 0.6) is 0 Å². The Morgan fingerprint density at radius 2 is 2.05 bits per heavy atom. The minimum absolute atomic E-state index is 0.0279. The van der Waals surface area contributed by atoms with Crippen LogP contribution < -0.4 is 4.90 Å². The van der Waals surface area contributed by atoms with Gasteiger partial charge >= 0.3 is 5.97 Å². The summed E-state index contributed by atoms with van der Waals surface area (Å²) in [6, 6.07) is 9.69. The van der Waals surface area contributed by atoms with Crippen molar-refractivity contribution in [3.8, 4) is 6.07 Å². The summed E-state index contributed by atoms with van der Waals surface area (Å²) in [6.45, 7) is 8.25. The summed E-state index contributed by atoms with van der Waals surface area (Å²) in [5.41, 5.74) is 1.93. The minimum Gasteiger partial charge on any atom is -0.462 e. The molecule has 4 heteroatoms. The molecule has 0 amide bonds. The minimum atomic E-state index is -0.562. The van der Waals surface area contributed by atoms with Gasteiger partial charge in [0.2, 0.25) is 0 Å². The van der Waals surface area contributed by atoms with Crippen LogP contribution in [0.25, 0.3) is 6.08 Å². The van der Waals surface area contributed by atoms with Gasteiger partial charge in [-0.2, -0.15) is 5.26 Å². The second-order valence-electron chi connectivity index (χ2n) is 4.57. The maximum Gasteiger partial charge on any atom is 0.348 e. The molecule has 0 N–H and O–H groups in total. The summed E-state index contributed by atoms with van der Waals surface area (Å²) in [4.78, 5) is 14.0. The number of carbonyl (C=O) groups is 1. The number of nitrogens with zero attached hydrogens (tertiary/aromatic N) is 2. The average Bonchev–Trinajstić information content (AvgIpc) is 2.52. The molecular formula is C17H22N2O2. The van der Waals surface area contributed by atoms with E-state index >= 15 is 0 Å². The zero-order chi connectivity index (χ0) is 15.7. The van der Waals surface area contributed by atoms with Crippen molar-refractivity contribution in [1.82, 2.24) is 0 Å². The molecule has 0 aliphatic heterocycles. The van der Waals surface area contributed by atoms with Gasteiger partial charge in [0.1, 0.15) is 11.6 Å².